The minimum Gasteiger partial charge on any atom is -0.322 e. The van der Waals surface area contributed by atoms with Gasteiger partial charge in [0.05, 0.1) is 0 Å². The highest BCUT2D eigenvalue weighted by atomic mass is 32.2. The predicted molar refractivity (Wildman–Crippen MR) is 107 cm³/mol. The van der Waals surface area contributed by atoms with E-state index in [9.17, 15) is 14.4 Å². The molecule has 4 rings (SSSR count). The second-order valence-corrected chi connectivity index (χ2v) is 8.61. The summed E-state index contributed by atoms with van der Waals surface area (Å²) in [6.07, 6.45) is 1.79. The van der Waals surface area contributed by atoms with Crippen molar-refractivity contribution in [2.45, 2.75) is 36.7 Å². The second-order valence-electron chi connectivity index (χ2n) is 7.48. The smallest absolute Gasteiger partial charge is 0.255 e. The molecule has 3 amide bonds. The lowest BCUT2D eigenvalue weighted by Gasteiger charge is -2.29. The van der Waals surface area contributed by atoms with Crippen LogP contribution in [-0.2, 0) is 16.1 Å². The Labute approximate surface area is 169 Å². The van der Waals surface area contributed by atoms with E-state index in [-0.39, 0.29) is 24.1 Å². The zero-order valence-electron chi connectivity index (χ0n) is 15.9. The Kier molecular flexibility index (Phi) is 5.99. The predicted octanol–water partition coefficient (Wildman–Crippen LogP) is 0.835. The summed E-state index contributed by atoms with van der Waals surface area (Å²) in [4.78, 5) is 41.7. The van der Waals surface area contributed by atoms with Gasteiger partial charge in [-0.05, 0) is 42.8 Å². The molecule has 1 unspecified atom stereocenters. The van der Waals surface area contributed by atoms with Crippen molar-refractivity contribution in [3.63, 3.8) is 0 Å². The average molecular weight is 403 g/mol. The molecule has 7 nitrogen and oxygen atoms in total. The van der Waals surface area contributed by atoms with Crippen molar-refractivity contribution in [3.8, 4) is 0 Å². The van der Waals surface area contributed by atoms with Crippen LogP contribution in [0.3, 0.4) is 0 Å². The SMILES string of the molecule is O=C1CCC(N2Cc3c(SCCCN4CCNCC4)cccc3C2=O)C(=O)N1. The maximum atomic E-state index is 12.9. The number of benzene rings is 1. The summed E-state index contributed by atoms with van der Waals surface area (Å²) < 4.78 is 0. The standard InChI is InChI=1S/C20H26N4O3S/c25-18-6-5-16(19(26)22-18)24-13-15-14(20(24)27)3-1-4-17(15)28-12-2-9-23-10-7-21-8-11-23/h1,3-4,16,21H,2,5-13H2,(H,22,25,26). The number of carbonyl (C=O) groups excluding carboxylic acids is 3. The summed E-state index contributed by atoms with van der Waals surface area (Å²) in [6, 6.07) is 5.27. The number of hydrogen-bond donors (Lipinski definition) is 2. The van der Waals surface area contributed by atoms with E-state index >= 15 is 0 Å². The molecule has 1 aromatic rings. The topological polar surface area (TPSA) is 81.8 Å². The molecule has 0 bridgehead atoms. The quantitative estimate of drug-likeness (QED) is 0.417. The number of thioether (sulfide) groups is 1. The lowest BCUT2D eigenvalue weighted by atomic mass is 10.0. The van der Waals surface area contributed by atoms with Gasteiger partial charge in [-0.2, -0.15) is 0 Å². The second kappa shape index (κ2) is 8.63. The number of hydrogen-bond acceptors (Lipinski definition) is 6. The average Bonchev–Trinajstić information content (AvgIpc) is 3.03. The molecule has 0 aromatic heterocycles. The number of imide groups is 1. The summed E-state index contributed by atoms with van der Waals surface area (Å²) in [5.74, 6) is 0.286. The number of rotatable bonds is 6. The number of nitrogens with one attached hydrogen (secondary N) is 2. The van der Waals surface area contributed by atoms with Crippen LogP contribution in [0, 0.1) is 0 Å². The van der Waals surface area contributed by atoms with Gasteiger partial charge in [0.2, 0.25) is 11.8 Å². The third-order valence-electron chi connectivity index (χ3n) is 5.62. The number of amides is 3. The van der Waals surface area contributed by atoms with E-state index < -0.39 is 6.04 Å². The van der Waals surface area contributed by atoms with Crippen molar-refractivity contribution in [2.75, 3.05) is 38.5 Å². The first-order valence-corrected chi connectivity index (χ1v) is 10.9. The number of carbonyl (C=O) groups is 3. The molecular formula is C20H26N4O3S. The minimum absolute atomic E-state index is 0.104. The van der Waals surface area contributed by atoms with Crippen LogP contribution < -0.4 is 10.6 Å². The van der Waals surface area contributed by atoms with E-state index in [0.717, 1.165) is 55.4 Å². The molecular weight excluding hydrogens is 376 g/mol. The highest BCUT2D eigenvalue weighted by Gasteiger charge is 2.39. The maximum Gasteiger partial charge on any atom is 0.255 e. The van der Waals surface area contributed by atoms with E-state index in [0.29, 0.717) is 18.5 Å². The van der Waals surface area contributed by atoms with Gasteiger partial charge in [0.25, 0.3) is 5.91 Å². The molecule has 3 aliphatic heterocycles. The summed E-state index contributed by atoms with van der Waals surface area (Å²) >= 11 is 1.79. The monoisotopic (exact) mass is 402 g/mol. The number of piperidine rings is 1. The highest BCUT2D eigenvalue weighted by molar-refractivity contribution is 7.99. The molecule has 2 N–H and O–H groups in total. The molecule has 0 radical (unpaired) electrons. The van der Waals surface area contributed by atoms with Gasteiger partial charge < -0.3 is 15.1 Å². The summed E-state index contributed by atoms with van der Waals surface area (Å²) in [6.45, 7) is 5.91. The lowest BCUT2D eigenvalue weighted by molar-refractivity contribution is -0.136. The Balaban J connectivity index is 1.37. The van der Waals surface area contributed by atoms with Crippen LogP contribution in [0.4, 0.5) is 0 Å². The van der Waals surface area contributed by atoms with Crippen molar-refractivity contribution in [3.05, 3.63) is 29.3 Å². The first kappa shape index (κ1) is 19.4. The van der Waals surface area contributed by atoms with Crippen molar-refractivity contribution in [1.82, 2.24) is 20.4 Å². The van der Waals surface area contributed by atoms with E-state index in [4.69, 9.17) is 0 Å². The molecule has 0 saturated carbocycles. The van der Waals surface area contributed by atoms with Crippen molar-refractivity contribution < 1.29 is 14.4 Å². The first-order chi connectivity index (χ1) is 13.6. The molecule has 3 aliphatic rings. The fourth-order valence-corrected chi connectivity index (χ4v) is 5.11. The van der Waals surface area contributed by atoms with Gasteiger partial charge in [0, 0.05) is 49.6 Å². The Morgan fingerprint density at radius 3 is 2.75 bits per heavy atom. The van der Waals surface area contributed by atoms with Gasteiger partial charge in [-0.15, -0.1) is 11.8 Å². The van der Waals surface area contributed by atoms with Crippen LogP contribution in [0.1, 0.15) is 35.2 Å². The van der Waals surface area contributed by atoms with Crippen LogP contribution in [0.5, 0.6) is 0 Å². The summed E-state index contributed by atoms with van der Waals surface area (Å²) in [7, 11) is 0. The molecule has 0 spiro atoms. The third kappa shape index (κ3) is 4.09. The van der Waals surface area contributed by atoms with Gasteiger partial charge in [0.1, 0.15) is 6.04 Å². The Morgan fingerprint density at radius 1 is 1.14 bits per heavy atom. The first-order valence-electron chi connectivity index (χ1n) is 9.96. The molecule has 28 heavy (non-hydrogen) atoms. The normalized spacial score (nSPS) is 23.1. The van der Waals surface area contributed by atoms with Crippen molar-refractivity contribution in [1.29, 1.82) is 0 Å². The zero-order valence-corrected chi connectivity index (χ0v) is 16.7. The Morgan fingerprint density at radius 2 is 1.96 bits per heavy atom. The fraction of sp³-hybridized carbons (Fsp3) is 0.550. The molecule has 2 saturated heterocycles. The highest BCUT2D eigenvalue weighted by Crippen LogP contribution is 2.34. The van der Waals surface area contributed by atoms with E-state index in [1.807, 2.05) is 12.1 Å². The Hall–Kier alpha value is -1.90. The minimum atomic E-state index is -0.553. The number of nitrogens with zero attached hydrogens (tertiary/aromatic N) is 2. The van der Waals surface area contributed by atoms with Crippen LogP contribution in [0.25, 0.3) is 0 Å². The van der Waals surface area contributed by atoms with Crippen molar-refractivity contribution in [2.24, 2.45) is 0 Å². The molecule has 8 heteroatoms. The molecule has 1 aromatic carbocycles. The molecule has 150 valence electrons. The number of piperazine rings is 1. The van der Waals surface area contributed by atoms with Crippen LogP contribution in [0.2, 0.25) is 0 Å². The number of fused-ring (bicyclic) bond motifs is 1. The zero-order chi connectivity index (χ0) is 19.5. The largest absolute Gasteiger partial charge is 0.322 e. The van der Waals surface area contributed by atoms with Gasteiger partial charge in [-0.1, -0.05) is 6.07 Å². The summed E-state index contributed by atoms with van der Waals surface area (Å²) in [5.41, 5.74) is 1.71. The van der Waals surface area contributed by atoms with Gasteiger partial charge in [-0.3, -0.25) is 19.7 Å². The van der Waals surface area contributed by atoms with Crippen LogP contribution in [0.15, 0.2) is 23.1 Å². The van der Waals surface area contributed by atoms with Gasteiger partial charge in [0.15, 0.2) is 0 Å². The lowest BCUT2D eigenvalue weighted by Crippen LogP contribution is -2.52. The molecule has 0 aliphatic carbocycles. The van der Waals surface area contributed by atoms with Gasteiger partial charge >= 0.3 is 0 Å². The van der Waals surface area contributed by atoms with Crippen molar-refractivity contribution >= 4 is 29.5 Å². The van der Waals surface area contributed by atoms with E-state index in [1.54, 1.807) is 16.7 Å². The molecule has 2 fully saturated rings. The van der Waals surface area contributed by atoms with Crippen LogP contribution >= 0.6 is 11.8 Å². The van der Waals surface area contributed by atoms with Gasteiger partial charge in [-0.25, -0.2) is 0 Å². The van der Waals surface area contributed by atoms with Crippen LogP contribution in [-0.4, -0.2) is 72.0 Å². The maximum absolute atomic E-state index is 12.9. The Bertz CT molecular complexity index is 779. The molecule has 1 atom stereocenters. The van der Waals surface area contributed by atoms with E-state index in [2.05, 4.69) is 21.6 Å². The molecule has 3 heterocycles. The van der Waals surface area contributed by atoms with E-state index in [1.165, 1.54) is 0 Å². The summed E-state index contributed by atoms with van der Waals surface area (Å²) in [5, 5.41) is 5.72. The fourth-order valence-electron chi connectivity index (χ4n) is 4.10. The third-order valence-corrected chi connectivity index (χ3v) is 6.81.